The molecule has 2 aromatic rings. The fourth-order valence-corrected chi connectivity index (χ4v) is 2.89. The van der Waals surface area contributed by atoms with Gasteiger partial charge >= 0.3 is 0 Å². The molecule has 1 N–H and O–H groups in total. The predicted octanol–water partition coefficient (Wildman–Crippen LogP) is 3.44. The molecule has 20 heavy (non-hydrogen) atoms. The monoisotopic (exact) mass is 271 g/mol. The first-order chi connectivity index (χ1) is 9.66. The van der Waals surface area contributed by atoms with Crippen LogP contribution in [0.1, 0.15) is 29.7 Å². The van der Waals surface area contributed by atoms with Crippen LogP contribution in [0.5, 0.6) is 0 Å². The maximum atomic E-state index is 14.2. The van der Waals surface area contributed by atoms with Gasteiger partial charge in [-0.25, -0.2) is 4.39 Å². The van der Waals surface area contributed by atoms with E-state index in [1.54, 1.807) is 19.1 Å². The van der Waals surface area contributed by atoms with Gasteiger partial charge in [0.1, 0.15) is 5.82 Å². The van der Waals surface area contributed by atoms with Gasteiger partial charge in [0.2, 0.25) is 0 Å². The van der Waals surface area contributed by atoms with Crippen LogP contribution < -0.4 is 4.90 Å². The van der Waals surface area contributed by atoms with E-state index in [0.29, 0.717) is 17.8 Å². The lowest BCUT2D eigenvalue weighted by Crippen LogP contribution is -2.32. The average molecular weight is 271 g/mol. The van der Waals surface area contributed by atoms with Crippen molar-refractivity contribution in [3.63, 3.8) is 0 Å². The van der Waals surface area contributed by atoms with E-state index in [9.17, 15) is 9.50 Å². The Kier molecular flexibility index (Phi) is 3.45. The summed E-state index contributed by atoms with van der Waals surface area (Å²) in [6, 6.07) is 13.2. The molecule has 0 saturated carbocycles. The largest absolute Gasteiger partial charge is 0.389 e. The van der Waals surface area contributed by atoms with Gasteiger partial charge in [-0.15, -0.1) is 0 Å². The van der Waals surface area contributed by atoms with Gasteiger partial charge in [-0.05, 0) is 30.5 Å². The summed E-state index contributed by atoms with van der Waals surface area (Å²) in [7, 11) is 0. The standard InChI is InChI=1S/C17H18FNO/c1-12(20)15-7-4-8-16(18)17(15)19-10-9-13-5-2-3-6-14(13)11-19/h2-8,12,20H,9-11H2,1H3/t12-/m1/s1. The van der Waals surface area contributed by atoms with E-state index in [4.69, 9.17) is 0 Å². The number of hydrogen-bond acceptors (Lipinski definition) is 2. The van der Waals surface area contributed by atoms with E-state index < -0.39 is 6.10 Å². The molecule has 2 aromatic carbocycles. The molecule has 3 heteroatoms. The molecule has 1 atom stereocenters. The second kappa shape index (κ2) is 5.25. The molecule has 3 rings (SSSR count). The third kappa shape index (κ3) is 2.29. The number of anilines is 1. The van der Waals surface area contributed by atoms with Crippen molar-refractivity contribution in [1.29, 1.82) is 0 Å². The first-order valence-corrected chi connectivity index (χ1v) is 6.95. The summed E-state index contributed by atoms with van der Waals surface area (Å²) in [6.45, 7) is 3.14. The summed E-state index contributed by atoms with van der Waals surface area (Å²) < 4.78 is 14.2. The second-order valence-corrected chi connectivity index (χ2v) is 5.29. The van der Waals surface area contributed by atoms with Gasteiger partial charge < -0.3 is 10.0 Å². The van der Waals surface area contributed by atoms with Crippen molar-refractivity contribution in [2.75, 3.05) is 11.4 Å². The van der Waals surface area contributed by atoms with Gasteiger partial charge in [0.25, 0.3) is 0 Å². The maximum absolute atomic E-state index is 14.2. The number of nitrogens with zero attached hydrogens (tertiary/aromatic N) is 1. The Labute approximate surface area is 118 Å². The summed E-state index contributed by atoms with van der Waals surface area (Å²) in [5, 5.41) is 9.86. The van der Waals surface area contributed by atoms with E-state index in [0.717, 1.165) is 13.0 Å². The van der Waals surface area contributed by atoms with Gasteiger partial charge in [0, 0.05) is 18.7 Å². The Balaban J connectivity index is 1.99. The van der Waals surface area contributed by atoms with Crippen molar-refractivity contribution in [3.05, 3.63) is 65.0 Å². The molecule has 0 aliphatic carbocycles. The lowest BCUT2D eigenvalue weighted by Gasteiger charge is -2.33. The Bertz CT molecular complexity index is 624. The summed E-state index contributed by atoms with van der Waals surface area (Å²) in [4.78, 5) is 2.03. The third-order valence-corrected chi connectivity index (χ3v) is 3.91. The van der Waals surface area contributed by atoms with Gasteiger partial charge in [-0.3, -0.25) is 0 Å². The molecule has 0 bridgehead atoms. The normalized spacial score (nSPS) is 15.8. The number of hydrogen-bond donors (Lipinski definition) is 1. The van der Waals surface area contributed by atoms with Crippen LogP contribution in [0.3, 0.4) is 0 Å². The van der Waals surface area contributed by atoms with Crippen LogP contribution in [-0.4, -0.2) is 11.7 Å². The quantitative estimate of drug-likeness (QED) is 0.904. The number of halogens is 1. The minimum atomic E-state index is -0.669. The van der Waals surface area contributed by atoms with Crippen molar-refractivity contribution in [1.82, 2.24) is 0 Å². The highest BCUT2D eigenvalue weighted by Crippen LogP contribution is 2.32. The molecular weight excluding hydrogens is 253 g/mol. The SMILES string of the molecule is C[C@@H](O)c1cccc(F)c1N1CCc2ccccc2C1. The zero-order valence-corrected chi connectivity index (χ0v) is 11.5. The average Bonchev–Trinajstić information content (AvgIpc) is 2.46. The smallest absolute Gasteiger partial charge is 0.146 e. The summed E-state index contributed by atoms with van der Waals surface area (Å²) in [6.07, 6.45) is 0.238. The summed E-state index contributed by atoms with van der Waals surface area (Å²) in [5.41, 5.74) is 3.76. The molecule has 0 radical (unpaired) electrons. The molecule has 1 aliphatic heterocycles. The molecule has 0 fully saturated rings. The molecule has 1 aliphatic rings. The molecule has 104 valence electrons. The van der Waals surface area contributed by atoms with Crippen molar-refractivity contribution in [3.8, 4) is 0 Å². The molecule has 0 amide bonds. The zero-order chi connectivity index (χ0) is 14.1. The van der Waals surface area contributed by atoms with Gasteiger partial charge in [-0.2, -0.15) is 0 Å². The Morgan fingerprint density at radius 3 is 2.60 bits per heavy atom. The topological polar surface area (TPSA) is 23.5 Å². The zero-order valence-electron chi connectivity index (χ0n) is 11.5. The van der Waals surface area contributed by atoms with E-state index in [-0.39, 0.29) is 5.82 Å². The van der Waals surface area contributed by atoms with Crippen molar-refractivity contribution < 1.29 is 9.50 Å². The predicted molar refractivity (Wildman–Crippen MR) is 78.2 cm³/mol. The molecule has 0 unspecified atom stereocenters. The van der Waals surface area contributed by atoms with Crippen molar-refractivity contribution >= 4 is 5.69 Å². The summed E-state index contributed by atoms with van der Waals surface area (Å²) >= 11 is 0. The van der Waals surface area contributed by atoms with Crippen LogP contribution in [0.15, 0.2) is 42.5 Å². The Hall–Kier alpha value is -1.87. The Morgan fingerprint density at radius 2 is 1.85 bits per heavy atom. The molecule has 0 spiro atoms. The van der Waals surface area contributed by atoms with E-state index in [1.165, 1.54) is 17.2 Å². The van der Waals surface area contributed by atoms with Crippen LogP contribution in [-0.2, 0) is 13.0 Å². The van der Waals surface area contributed by atoms with Crippen molar-refractivity contribution in [2.45, 2.75) is 26.0 Å². The number of aliphatic hydroxyl groups excluding tert-OH is 1. The first-order valence-electron chi connectivity index (χ1n) is 6.95. The van der Waals surface area contributed by atoms with Crippen LogP contribution in [0.2, 0.25) is 0 Å². The minimum Gasteiger partial charge on any atom is -0.389 e. The molecule has 2 nitrogen and oxygen atoms in total. The Morgan fingerprint density at radius 1 is 1.10 bits per heavy atom. The fourth-order valence-electron chi connectivity index (χ4n) is 2.89. The van der Waals surface area contributed by atoms with Crippen LogP contribution in [0.25, 0.3) is 0 Å². The molecule has 0 aromatic heterocycles. The number of rotatable bonds is 2. The van der Waals surface area contributed by atoms with Gasteiger partial charge in [0.15, 0.2) is 0 Å². The highest BCUT2D eigenvalue weighted by Gasteiger charge is 2.22. The number of aliphatic hydroxyl groups is 1. The van der Waals surface area contributed by atoms with Crippen LogP contribution >= 0.6 is 0 Å². The molecular formula is C17H18FNO. The fraction of sp³-hybridized carbons (Fsp3) is 0.294. The van der Waals surface area contributed by atoms with Crippen LogP contribution in [0, 0.1) is 5.82 Å². The number of para-hydroxylation sites is 1. The van der Waals surface area contributed by atoms with Crippen LogP contribution in [0.4, 0.5) is 10.1 Å². The lowest BCUT2D eigenvalue weighted by atomic mass is 9.98. The first kappa shape index (κ1) is 13.1. The second-order valence-electron chi connectivity index (χ2n) is 5.29. The number of fused-ring (bicyclic) bond motifs is 1. The third-order valence-electron chi connectivity index (χ3n) is 3.91. The lowest BCUT2D eigenvalue weighted by molar-refractivity contribution is 0.199. The van der Waals surface area contributed by atoms with E-state index >= 15 is 0 Å². The van der Waals surface area contributed by atoms with E-state index in [2.05, 4.69) is 12.1 Å². The van der Waals surface area contributed by atoms with Crippen molar-refractivity contribution in [2.24, 2.45) is 0 Å². The molecule has 1 heterocycles. The highest BCUT2D eigenvalue weighted by atomic mass is 19.1. The number of benzene rings is 2. The van der Waals surface area contributed by atoms with E-state index in [1.807, 2.05) is 17.0 Å². The highest BCUT2D eigenvalue weighted by molar-refractivity contribution is 5.57. The minimum absolute atomic E-state index is 0.261. The molecule has 0 saturated heterocycles. The van der Waals surface area contributed by atoms with Gasteiger partial charge in [-0.1, -0.05) is 36.4 Å². The summed E-state index contributed by atoms with van der Waals surface area (Å²) in [5.74, 6) is -0.261. The maximum Gasteiger partial charge on any atom is 0.146 e. The van der Waals surface area contributed by atoms with Gasteiger partial charge in [0.05, 0.1) is 11.8 Å².